The van der Waals surface area contributed by atoms with Crippen molar-refractivity contribution in [3.63, 3.8) is 0 Å². The number of aryl methyl sites for hydroxylation is 4. The van der Waals surface area contributed by atoms with Gasteiger partial charge in [0.25, 0.3) is 7.52 Å². The van der Waals surface area contributed by atoms with Crippen LogP contribution in [0.3, 0.4) is 0 Å². The fourth-order valence-corrected chi connectivity index (χ4v) is 31.4. The summed E-state index contributed by atoms with van der Waals surface area (Å²) in [4.78, 5) is 63.2. The smallest absolute Gasteiger partial charge is 0.348 e. The minimum Gasteiger partial charge on any atom is -0.477 e. The Hall–Kier alpha value is -8.94. The van der Waals surface area contributed by atoms with Gasteiger partial charge in [0, 0.05) is 90.7 Å². The number of halogens is 2. The minimum absolute atomic E-state index is 0.0669. The first-order valence-electron chi connectivity index (χ1n) is 47.0. The van der Waals surface area contributed by atoms with Gasteiger partial charge >= 0.3 is 59.9 Å². The number of anilines is 5. The number of benzene rings is 4. The average molecular weight is 2210 g/mol. The number of carbonyl (C=O) groups is 5. The van der Waals surface area contributed by atoms with E-state index < -0.39 is 67.4 Å². The van der Waals surface area contributed by atoms with Crippen molar-refractivity contribution in [2.24, 2.45) is 33.0 Å². The molecule has 0 radical (unpaired) electrons. The molecule has 5 unspecified atom stereocenters. The van der Waals surface area contributed by atoms with Crippen LogP contribution in [0.15, 0.2) is 115 Å². The van der Waals surface area contributed by atoms with Gasteiger partial charge in [-0.25, -0.2) is 24.0 Å². The van der Waals surface area contributed by atoms with Gasteiger partial charge in [0.05, 0.1) is 92.9 Å². The van der Waals surface area contributed by atoms with Gasteiger partial charge < -0.3 is 52.8 Å². The molecule has 5 N–H and O–H groups in total. The predicted molar refractivity (Wildman–Crippen MR) is 605 cm³/mol. The van der Waals surface area contributed by atoms with Gasteiger partial charge in [0.1, 0.15) is 24.4 Å². The van der Waals surface area contributed by atoms with Crippen LogP contribution < -0.4 is 44.6 Å². The zero-order valence-electron chi connectivity index (χ0n) is 89.2. The van der Waals surface area contributed by atoms with Gasteiger partial charge in [-0.3, -0.25) is 41.5 Å². The lowest BCUT2D eigenvalue weighted by Crippen LogP contribution is -2.34. The molecule has 25 nitrogen and oxygen atoms in total. The summed E-state index contributed by atoms with van der Waals surface area (Å²) in [5.41, 5.74) is 4.31. The lowest BCUT2D eigenvalue weighted by molar-refractivity contribution is 0.0692. The topological polar surface area (TPSA) is 334 Å². The molecule has 0 amide bonds. The van der Waals surface area contributed by atoms with Gasteiger partial charge in [0.15, 0.2) is 0 Å². The molecule has 5 atom stereocenters. The molecule has 1 fully saturated rings. The standard InChI is InChI=1S/C23H30NO4PS.C22H28NO4PS.2C21H25ClNO4PS.C21H32NO4PS/c1-15(2)24(29(27,28-8)20-10-9-16(3)13-17(20)4)19-14-18(11-12-23(5,6)7)30-21(19)22(25)26;1-15(2)23(28(26,27-7)17-10-8-16(3)9-11-17)19-14-18(12-13-22(4,5)6)29-20(19)21(24)25;1-14(2)23(28(26,27-6)16-9-7-15(22)8-10-16)18-13-17(11-12-21(3,4)5)29-19(18)20(24)25;1-7-27-28(26,18-9-8-15(22)12-14(18)2)23(6)17-13-16(10-11-21(3,4)5)29-19(17)20(24)25;1-7-26-27(25,16-10-8-15(2)9-11-16)22(6)18-14-17(12-13-21(3,4)5)28-19(18)20(23)24/h9-10,13-15H,1-8H3,(H,25,26);8-11,14-15H,1-7H3,(H,24,25);7-10,13-14H,1-6H3,(H,24,25);8-9,12-13H,7H2,1-6H3,(H,24,25);14-16H,7-11H2,1-6H3,(H,23,24). The van der Waals surface area contributed by atoms with Crippen molar-refractivity contribution in [3.05, 3.63) is 196 Å². The van der Waals surface area contributed by atoms with E-state index in [2.05, 4.69) is 66.1 Å². The molecule has 37 heteroatoms. The summed E-state index contributed by atoms with van der Waals surface area (Å²) in [6, 6.07) is 32.1. The monoisotopic (exact) mass is 2210 g/mol. The van der Waals surface area contributed by atoms with Crippen molar-refractivity contribution in [2.75, 3.05) is 72.0 Å². The summed E-state index contributed by atoms with van der Waals surface area (Å²) in [6.45, 7) is 54.9. The number of carboxylic acids is 5. The van der Waals surface area contributed by atoms with E-state index in [0.717, 1.165) is 99.1 Å². The number of hydrogen-bond acceptors (Lipinski definition) is 20. The van der Waals surface area contributed by atoms with Crippen molar-refractivity contribution in [3.8, 4) is 59.2 Å². The zero-order chi connectivity index (χ0) is 110. The number of aromatic carboxylic acids is 5. The molecule has 1 aliphatic carbocycles. The Morgan fingerprint density at radius 3 is 0.931 bits per heavy atom. The van der Waals surface area contributed by atoms with E-state index in [1.807, 2.05) is 197 Å². The molecule has 9 aromatic rings. The summed E-state index contributed by atoms with van der Waals surface area (Å²) in [5.74, 6) is 26.1. The van der Waals surface area contributed by atoms with Crippen LogP contribution in [0.5, 0.6) is 0 Å². The number of nitrogens with zero attached hydrogens (tertiary/aromatic N) is 5. The van der Waals surface area contributed by atoms with Gasteiger partial charge in [-0.2, -0.15) is 0 Å². The van der Waals surface area contributed by atoms with E-state index in [0.29, 0.717) is 102 Å². The number of rotatable bonds is 30. The van der Waals surface area contributed by atoms with Crippen LogP contribution in [0.4, 0.5) is 28.4 Å². The highest BCUT2D eigenvalue weighted by Gasteiger charge is 2.46. The molecule has 0 spiro atoms. The average Bonchev–Trinajstić information content (AvgIpc) is 1.72. The van der Waals surface area contributed by atoms with Crippen molar-refractivity contribution >= 4 is 197 Å². The van der Waals surface area contributed by atoms with Crippen LogP contribution in [-0.4, -0.2) is 128 Å². The normalized spacial score (nSPS) is 15.1. The van der Waals surface area contributed by atoms with Crippen LogP contribution in [-0.2, 0) is 45.4 Å². The third kappa shape index (κ3) is 33.8. The lowest BCUT2D eigenvalue weighted by atomic mass is 9.91. The second kappa shape index (κ2) is 52.0. The Bertz CT molecular complexity index is 6570. The highest BCUT2D eigenvalue weighted by molar-refractivity contribution is 7.70. The summed E-state index contributed by atoms with van der Waals surface area (Å²) in [7, 11) is -10.1. The Morgan fingerprint density at radius 1 is 0.372 bits per heavy atom. The van der Waals surface area contributed by atoms with E-state index in [-0.39, 0.29) is 81.9 Å². The molecule has 145 heavy (non-hydrogen) atoms. The van der Waals surface area contributed by atoms with E-state index in [1.165, 1.54) is 26.0 Å². The van der Waals surface area contributed by atoms with E-state index in [1.54, 1.807) is 138 Å². The molecule has 1 aliphatic rings. The van der Waals surface area contributed by atoms with Crippen molar-refractivity contribution in [1.82, 2.24) is 0 Å². The van der Waals surface area contributed by atoms with E-state index >= 15 is 0 Å². The van der Waals surface area contributed by atoms with Crippen LogP contribution >= 0.6 is 117 Å². The summed E-state index contributed by atoms with van der Waals surface area (Å²) >= 11 is 17.4. The summed E-state index contributed by atoms with van der Waals surface area (Å²) in [5, 5.41) is 51.8. The summed E-state index contributed by atoms with van der Waals surface area (Å²) in [6.07, 6.45) is 3.72. The first kappa shape index (κ1) is 125. The molecule has 10 rings (SSSR count). The molecule has 786 valence electrons. The first-order valence-corrected chi connectivity index (χ1v) is 59.8. The third-order valence-electron chi connectivity index (χ3n) is 21.3. The minimum atomic E-state index is -3.60. The SMILES string of the molecule is CCOP(=O)(C1CCC(C)CC1)N(C)c1cc(C#CC(C)(C)C)sc1C(=O)O.CCOP(=O)(c1ccc(Cl)cc1C)N(C)c1cc(C#CC(C)(C)C)sc1C(=O)O.COP(=O)(c1ccc(C)cc1)N(c1cc(C#CC(C)(C)C)sc1C(=O)O)C(C)C.COP(=O)(c1ccc(C)cc1C)N(c1cc(C#CC(C)(C)C)sc1C(=O)O)C(C)C.COP(=O)(c1ccc(Cl)cc1)N(c1cc(C#CC(C)(C)C)sc1C(=O)O)C(C)C. The van der Waals surface area contributed by atoms with Gasteiger partial charge in [-0.15, -0.1) is 56.7 Å². The van der Waals surface area contributed by atoms with Crippen molar-refractivity contribution in [1.29, 1.82) is 0 Å². The number of thiophene rings is 5. The molecule has 0 bridgehead atoms. The quantitative estimate of drug-likeness (QED) is 0.0206. The highest BCUT2D eigenvalue weighted by atomic mass is 35.5. The van der Waals surface area contributed by atoms with Crippen LogP contribution in [0.25, 0.3) is 0 Å². The molecule has 5 heterocycles. The number of carboxylic acid groups (broad SMARTS) is 5. The highest BCUT2D eigenvalue weighted by Crippen LogP contribution is 2.63. The summed E-state index contributed by atoms with van der Waals surface area (Å²) < 4.78 is 106. The van der Waals surface area contributed by atoms with Gasteiger partial charge in [-0.05, 0) is 321 Å². The maximum Gasteiger partial charge on any atom is 0.348 e. The molecular weight excluding hydrogens is 2070 g/mol. The molecular formula is C108H140Cl2N5O20P5S5. The predicted octanol–water partition coefficient (Wildman–Crippen LogP) is 29.1. The maximum atomic E-state index is 14.2. The Kier molecular flexibility index (Phi) is 44.7. The van der Waals surface area contributed by atoms with Crippen LogP contribution in [0, 0.1) is 120 Å². The zero-order valence-corrected chi connectivity index (χ0v) is 99.3. The Morgan fingerprint density at radius 2 is 0.641 bits per heavy atom. The maximum absolute atomic E-state index is 14.2. The van der Waals surface area contributed by atoms with E-state index in [4.69, 9.17) is 45.8 Å². The van der Waals surface area contributed by atoms with E-state index in [9.17, 15) is 72.3 Å². The second-order valence-corrected chi connectivity index (χ2v) is 58.7. The van der Waals surface area contributed by atoms with Gasteiger partial charge in [-0.1, -0.05) is 125 Å². The van der Waals surface area contributed by atoms with Gasteiger partial charge in [0.2, 0.25) is 0 Å². The molecule has 1 saturated carbocycles. The Balaban J connectivity index is 0.000000277. The first-order chi connectivity index (χ1) is 66.9. The van der Waals surface area contributed by atoms with Crippen molar-refractivity contribution in [2.45, 2.75) is 243 Å². The molecule has 5 aromatic heterocycles. The largest absolute Gasteiger partial charge is 0.477 e. The Labute approximate surface area is 888 Å². The molecule has 0 aliphatic heterocycles. The second-order valence-electron chi connectivity index (χ2n) is 40.5. The number of hydrogen-bond donors (Lipinski definition) is 5. The molecule has 4 aromatic carbocycles. The molecule has 0 saturated heterocycles. The van der Waals surface area contributed by atoms with Crippen LogP contribution in [0.1, 0.15) is 287 Å². The van der Waals surface area contributed by atoms with Crippen LogP contribution in [0.2, 0.25) is 10.0 Å². The lowest BCUT2D eigenvalue weighted by Gasteiger charge is -2.37. The fraction of sp³-hybridized carbons (Fsp3) is 0.454. The van der Waals surface area contributed by atoms with Crippen molar-refractivity contribution < 1.29 is 94.9 Å². The fourth-order valence-electron chi connectivity index (χ4n) is 14.7. The third-order valence-corrected chi connectivity index (χ3v) is 41.0.